The van der Waals surface area contributed by atoms with Crippen molar-refractivity contribution in [1.29, 1.82) is 0 Å². The topological polar surface area (TPSA) is 80.3 Å². The first-order valence-corrected chi connectivity index (χ1v) is 13.5. The molecule has 202 valence electrons. The van der Waals surface area contributed by atoms with Crippen molar-refractivity contribution in [3.63, 3.8) is 0 Å². The molecule has 0 aliphatic rings. The summed E-state index contributed by atoms with van der Waals surface area (Å²) in [5, 5.41) is 1.74. The summed E-state index contributed by atoms with van der Waals surface area (Å²) in [5.41, 5.74) is 2.95. The van der Waals surface area contributed by atoms with Crippen molar-refractivity contribution < 1.29 is 31.9 Å². The largest absolute Gasteiger partial charge is 0.497 e. The van der Waals surface area contributed by atoms with Gasteiger partial charge in [-0.3, -0.25) is 4.52 Å². The summed E-state index contributed by atoms with van der Waals surface area (Å²) < 4.78 is 35.6. The molecule has 3 aromatic rings. The van der Waals surface area contributed by atoms with Gasteiger partial charge >= 0.3 is 14.2 Å². The molecule has 1 heterocycles. The number of carbonyl (C=O) groups is 1. The van der Waals surface area contributed by atoms with Gasteiger partial charge in [0, 0.05) is 28.0 Å². The normalized spacial score (nSPS) is 12.0. The molecular formula is C29H39O7P. The molecule has 7 nitrogen and oxygen atoms in total. The Hall–Kier alpha value is -2.89. The van der Waals surface area contributed by atoms with Gasteiger partial charge in [0.05, 0.1) is 27.4 Å². The summed E-state index contributed by atoms with van der Waals surface area (Å²) in [5.74, 6) is 1.04. The fourth-order valence-electron chi connectivity index (χ4n) is 3.95. The minimum Gasteiger partial charge on any atom is -0.497 e. The lowest BCUT2D eigenvalue weighted by molar-refractivity contribution is -0.137. The highest BCUT2D eigenvalue weighted by atomic mass is 31.1. The third kappa shape index (κ3) is 6.91. The molecule has 0 N–H and O–H groups in total. The molecule has 0 fully saturated rings. The standard InChI is InChI=1S/C29H39O7P/c1-10-25(30)33-13-11-12-14-34-37-35-26-21(15-19(31-8)17-23(26)28(2,3)4)22-16-20(32-9)18-24(27(22)36-37)29(5,6)7/h10,15-18H,1,11-14H2,2-9H3. The van der Waals surface area contributed by atoms with Crippen molar-refractivity contribution in [1.82, 2.24) is 0 Å². The number of carbonyl (C=O) groups excluding carboxylic acids is 1. The van der Waals surface area contributed by atoms with Gasteiger partial charge in [0.15, 0.2) is 0 Å². The molecule has 0 saturated heterocycles. The number of unbranched alkanes of at least 4 members (excludes halogenated alkanes) is 1. The predicted octanol–water partition coefficient (Wildman–Crippen LogP) is 7.84. The Morgan fingerprint density at radius 2 is 1.30 bits per heavy atom. The van der Waals surface area contributed by atoms with Crippen LogP contribution in [0, 0.1) is 0 Å². The maximum atomic E-state index is 11.3. The Kier molecular flexibility index (Phi) is 9.04. The molecule has 0 aliphatic carbocycles. The molecule has 0 bridgehead atoms. The fraction of sp³-hybridized carbons (Fsp3) is 0.483. The Morgan fingerprint density at radius 3 is 1.70 bits per heavy atom. The third-order valence-electron chi connectivity index (χ3n) is 5.98. The number of benzene rings is 2. The second kappa shape index (κ2) is 11.7. The van der Waals surface area contributed by atoms with Crippen molar-refractivity contribution in [2.24, 2.45) is 0 Å². The summed E-state index contributed by atoms with van der Waals surface area (Å²) in [6, 6.07) is 7.98. The van der Waals surface area contributed by atoms with Gasteiger partial charge in [0.25, 0.3) is 0 Å². The maximum Gasteiger partial charge on any atom is 0.387 e. The van der Waals surface area contributed by atoms with E-state index in [4.69, 9.17) is 27.1 Å². The van der Waals surface area contributed by atoms with Crippen LogP contribution in [0.15, 0.2) is 45.3 Å². The Bertz CT molecular complexity index is 1230. The molecule has 0 aliphatic heterocycles. The van der Waals surface area contributed by atoms with Crippen molar-refractivity contribution in [2.45, 2.75) is 65.2 Å². The first-order valence-electron chi connectivity index (χ1n) is 12.4. The van der Waals surface area contributed by atoms with E-state index in [1.807, 2.05) is 24.3 Å². The van der Waals surface area contributed by atoms with Crippen molar-refractivity contribution in [3.05, 3.63) is 48.0 Å². The van der Waals surface area contributed by atoms with Crippen molar-refractivity contribution in [2.75, 3.05) is 27.4 Å². The number of methoxy groups -OCH3 is 2. The van der Waals surface area contributed by atoms with E-state index in [0.29, 0.717) is 37.2 Å². The monoisotopic (exact) mass is 530 g/mol. The molecule has 8 heteroatoms. The first kappa shape index (κ1) is 28.7. The molecule has 1 aromatic heterocycles. The number of hydrogen-bond donors (Lipinski definition) is 0. The Labute approximate surface area is 220 Å². The smallest absolute Gasteiger partial charge is 0.387 e. The minimum absolute atomic E-state index is 0.231. The predicted molar refractivity (Wildman–Crippen MR) is 149 cm³/mol. The van der Waals surface area contributed by atoms with Crippen molar-refractivity contribution in [3.8, 4) is 11.5 Å². The number of fused-ring (bicyclic) bond motifs is 3. The minimum atomic E-state index is -1.77. The first-order chi connectivity index (χ1) is 17.4. The third-order valence-corrected chi connectivity index (χ3v) is 7.04. The molecule has 2 aromatic carbocycles. The zero-order chi connectivity index (χ0) is 27.4. The summed E-state index contributed by atoms with van der Waals surface area (Å²) in [7, 11) is 1.56. The quantitative estimate of drug-likeness (QED) is 0.158. The zero-order valence-corrected chi connectivity index (χ0v) is 24.1. The summed E-state index contributed by atoms with van der Waals surface area (Å²) in [6.45, 7) is 16.9. The molecular weight excluding hydrogens is 491 g/mol. The van der Waals surface area contributed by atoms with E-state index >= 15 is 0 Å². The van der Waals surface area contributed by atoms with Crippen LogP contribution >= 0.6 is 8.24 Å². The van der Waals surface area contributed by atoms with E-state index in [-0.39, 0.29) is 10.8 Å². The van der Waals surface area contributed by atoms with Crippen LogP contribution in [0.4, 0.5) is 0 Å². The van der Waals surface area contributed by atoms with Crippen LogP contribution in [-0.4, -0.2) is 33.4 Å². The highest BCUT2D eigenvalue weighted by Gasteiger charge is 2.25. The molecule has 0 unspecified atom stereocenters. The van der Waals surface area contributed by atoms with Gasteiger partial charge < -0.3 is 22.6 Å². The second-order valence-corrected chi connectivity index (χ2v) is 12.0. The number of esters is 1. The number of hydrogen-bond acceptors (Lipinski definition) is 7. The second-order valence-electron chi connectivity index (χ2n) is 10.9. The molecule has 0 radical (unpaired) electrons. The SMILES string of the molecule is C=CC(=O)OCCCCOp1oc2c(C(C)(C)C)cc(OC)cc2c2cc(OC)cc(C(C)(C)C)c2o1. The van der Waals surface area contributed by atoms with Gasteiger partial charge in [0.1, 0.15) is 22.7 Å². The van der Waals surface area contributed by atoms with Gasteiger partial charge in [0.2, 0.25) is 0 Å². The highest BCUT2D eigenvalue weighted by molar-refractivity contribution is 7.31. The fourth-order valence-corrected chi connectivity index (χ4v) is 5.06. The van der Waals surface area contributed by atoms with Crippen LogP contribution in [0.1, 0.15) is 65.5 Å². The lowest BCUT2D eigenvalue weighted by atomic mass is 9.84. The maximum absolute atomic E-state index is 11.3. The number of rotatable bonds is 9. The van der Waals surface area contributed by atoms with E-state index < -0.39 is 14.2 Å². The average molecular weight is 531 g/mol. The van der Waals surface area contributed by atoms with Crippen LogP contribution < -0.4 is 14.0 Å². The lowest BCUT2D eigenvalue weighted by Crippen LogP contribution is -2.12. The molecule has 0 saturated carbocycles. The van der Waals surface area contributed by atoms with Gasteiger partial charge in [-0.15, -0.1) is 0 Å². The average Bonchev–Trinajstić information content (AvgIpc) is 2.99. The summed E-state index contributed by atoms with van der Waals surface area (Å²) in [4.78, 5) is 11.3. The van der Waals surface area contributed by atoms with Gasteiger partial charge in [-0.1, -0.05) is 48.1 Å². The van der Waals surface area contributed by atoms with E-state index in [1.165, 1.54) is 0 Å². The van der Waals surface area contributed by atoms with Gasteiger partial charge in [-0.05, 0) is 47.9 Å². The Morgan fingerprint density at radius 1 is 0.838 bits per heavy atom. The van der Waals surface area contributed by atoms with Crippen LogP contribution in [0.3, 0.4) is 0 Å². The van der Waals surface area contributed by atoms with Gasteiger partial charge in [-0.25, -0.2) is 4.79 Å². The highest BCUT2D eigenvalue weighted by Crippen LogP contribution is 2.44. The lowest BCUT2D eigenvalue weighted by Gasteiger charge is -2.21. The van der Waals surface area contributed by atoms with E-state index in [9.17, 15) is 4.79 Å². The van der Waals surface area contributed by atoms with Crippen LogP contribution in [0.5, 0.6) is 11.5 Å². The van der Waals surface area contributed by atoms with Crippen LogP contribution in [0.2, 0.25) is 0 Å². The molecule has 3 rings (SSSR count). The van der Waals surface area contributed by atoms with Crippen LogP contribution in [0.25, 0.3) is 21.9 Å². The van der Waals surface area contributed by atoms with Gasteiger partial charge in [-0.2, -0.15) is 0 Å². The molecule has 0 amide bonds. The number of ether oxygens (including phenoxy) is 3. The Balaban J connectivity index is 2.24. The zero-order valence-electron chi connectivity index (χ0n) is 23.2. The molecule has 37 heavy (non-hydrogen) atoms. The van der Waals surface area contributed by atoms with E-state index in [1.54, 1.807) is 14.2 Å². The van der Waals surface area contributed by atoms with E-state index in [0.717, 1.165) is 39.5 Å². The molecule has 0 atom stereocenters. The summed E-state index contributed by atoms with van der Waals surface area (Å²) >= 11 is 0. The molecule has 0 spiro atoms. The van der Waals surface area contributed by atoms with Crippen LogP contribution in [-0.2, 0) is 20.4 Å². The van der Waals surface area contributed by atoms with Crippen molar-refractivity contribution >= 4 is 36.1 Å². The van der Waals surface area contributed by atoms with E-state index in [2.05, 4.69) is 48.1 Å². The summed E-state index contributed by atoms with van der Waals surface area (Å²) in [6.07, 6.45) is 2.50.